The predicted molar refractivity (Wildman–Crippen MR) is 244 cm³/mol. The Morgan fingerprint density at radius 3 is 1.43 bits per heavy atom. The minimum absolute atomic E-state index is 0.637. The normalized spacial score (nSPS) is 11.7. The molecule has 0 atom stereocenters. The average molecular weight is 769 g/mol. The molecule has 6 aromatic heterocycles. The van der Waals surface area contributed by atoms with Crippen LogP contribution in [0.5, 0.6) is 0 Å². The first-order valence-electron chi connectivity index (χ1n) is 19.9. The molecule has 0 saturated carbocycles. The summed E-state index contributed by atoms with van der Waals surface area (Å²) < 4.78 is 6.12. The van der Waals surface area contributed by atoms with Crippen LogP contribution in [-0.4, -0.2) is 24.9 Å². The van der Waals surface area contributed by atoms with Gasteiger partial charge in [0.1, 0.15) is 5.58 Å². The van der Waals surface area contributed by atoms with Gasteiger partial charge in [-0.25, -0.2) is 4.98 Å². The second-order valence-electron chi connectivity index (χ2n) is 15.0. The van der Waals surface area contributed by atoms with Crippen molar-refractivity contribution in [3.63, 3.8) is 0 Å². The Morgan fingerprint density at radius 1 is 0.367 bits per heavy atom. The van der Waals surface area contributed by atoms with Gasteiger partial charge in [0.05, 0.1) is 27.8 Å². The summed E-state index contributed by atoms with van der Waals surface area (Å²) >= 11 is 0. The maximum absolute atomic E-state index is 6.12. The summed E-state index contributed by atoms with van der Waals surface area (Å²) in [5, 5.41) is 6.37. The third kappa shape index (κ3) is 5.71. The molecular weight excluding hydrogens is 737 g/mol. The van der Waals surface area contributed by atoms with Gasteiger partial charge in [0.2, 0.25) is 5.71 Å². The zero-order chi connectivity index (χ0) is 39.6. The van der Waals surface area contributed by atoms with Gasteiger partial charge in [-0.15, -0.1) is 0 Å². The number of fused-ring (bicyclic) bond motifs is 9. The maximum atomic E-state index is 6.12. The van der Waals surface area contributed by atoms with Gasteiger partial charge in [-0.05, 0) is 90.0 Å². The highest BCUT2D eigenvalue weighted by atomic mass is 16.3. The molecule has 0 unspecified atom stereocenters. The topological polar surface area (TPSA) is 80.8 Å². The Bertz CT molecular complexity index is 3440. The lowest BCUT2D eigenvalue weighted by molar-refractivity contribution is 0.654. The van der Waals surface area contributed by atoms with Crippen molar-refractivity contribution in [1.29, 1.82) is 0 Å². The molecule has 0 bridgehead atoms. The quantitative estimate of drug-likeness (QED) is 0.156. The van der Waals surface area contributed by atoms with E-state index in [1.807, 2.05) is 55.1 Å². The maximum Gasteiger partial charge on any atom is 0.227 e. The summed E-state index contributed by atoms with van der Waals surface area (Å²) in [6.07, 6.45) is 7.53. The number of pyridine rings is 5. The Balaban J connectivity index is 0.908. The van der Waals surface area contributed by atoms with E-state index < -0.39 is 0 Å². The number of hydrogen-bond donors (Lipinski definition) is 0. The van der Waals surface area contributed by atoms with E-state index in [1.165, 1.54) is 0 Å². The van der Waals surface area contributed by atoms with E-state index in [2.05, 4.69) is 154 Å². The van der Waals surface area contributed by atoms with Gasteiger partial charge in [-0.3, -0.25) is 19.9 Å². The molecule has 0 aliphatic carbocycles. The van der Waals surface area contributed by atoms with Crippen LogP contribution < -0.4 is 4.90 Å². The monoisotopic (exact) mass is 768 g/mol. The van der Waals surface area contributed by atoms with Crippen molar-refractivity contribution in [2.75, 3.05) is 4.90 Å². The van der Waals surface area contributed by atoms with Gasteiger partial charge >= 0.3 is 0 Å². The fraction of sp³-hybridized carbons (Fsp3) is 0. The third-order valence-corrected chi connectivity index (χ3v) is 11.4. The lowest BCUT2D eigenvalue weighted by Gasteiger charge is -2.26. The first kappa shape index (κ1) is 33.8. The van der Waals surface area contributed by atoms with E-state index in [0.29, 0.717) is 5.71 Å². The van der Waals surface area contributed by atoms with Gasteiger partial charge in [0, 0.05) is 90.9 Å². The highest BCUT2D eigenvalue weighted by Crippen LogP contribution is 2.39. The summed E-state index contributed by atoms with van der Waals surface area (Å²) in [5.41, 5.74) is 14.3. The Morgan fingerprint density at radius 2 is 0.867 bits per heavy atom. The van der Waals surface area contributed by atoms with Crippen LogP contribution in [0.15, 0.2) is 199 Å². The number of para-hydroxylation sites is 1. The molecule has 0 N–H and O–H groups in total. The Hall–Kier alpha value is -8.29. The van der Waals surface area contributed by atoms with E-state index in [0.717, 1.165) is 111 Å². The largest absolute Gasteiger partial charge is 0.438 e. The number of nitrogens with zero attached hydrogens (tertiary/aromatic N) is 6. The summed E-state index contributed by atoms with van der Waals surface area (Å²) in [6.45, 7) is 0. The second-order valence-corrected chi connectivity index (χ2v) is 15.0. The van der Waals surface area contributed by atoms with E-state index in [9.17, 15) is 0 Å². The number of aromatic nitrogens is 5. The fourth-order valence-electron chi connectivity index (χ4n) is 8.39. The molecule has 0 amide bonds. The number of hydrogen-bond acceptors (Lipinski definition) is 7. The summed E-state index contributed by atoms with van der Waals surface area (Å²) in [6, 6.07) is 59.0. The first-order valence-corrected chi connectivity index (χ1v) is 19.9. The Kier molecular flexibility index (Phi) is 7.71. The zero-order valence-electron chi connectivity index (χ0n) is 32.1. The van der Waals surface area contributed by atoms with Crippen LogP contribution in [-0.2, 0) is 0 Å². The SMILES string of the molecule is c1cnc2c(c1)ccc1cc(-c3ccc(N(c4ccc(-c5cnc6c(ccc7cccnc76)c5)cc4)c4ccc(-c5ccc6c(n5)oc5ccccc56)cc4)cc3)cnc12. The van der Waals surface area contributed by atoms with Gasteiger partial charge in [0.25, 0.3) is 0 Å². The van der Waals surface area contributed by atoms with Crippen LogP contribution in [0.2, 0.25) is 0 Å². The Labute approximate surface area is 343 Å². The molecule has 0 saturated heterocycles. The van der Waals surface area contributed by atoms with Crippen LogP contribution in [0.1, 0.15) is 0 Å². The van der Waals surface area contributed by atoms with E-state index in [4.69, 9.17) is 19.4 Å². The highest BCUT2D eigenvalue weighted by Gasteiger charge is 2.16. The summed E-state index contributed by atoms with van der Waals surface area (Å²) in [5.74, 6) is 0. The molecule has 60 heavy (non-hydrogen) atoms. The molecule has 0 aliphatic rings. The van der Waals surface area contributed by atoms with E-state index in [-0.39, 0.29) is 0 Å². The average Bonchev–Trinajstić information content (AvgIpc) is 3.70. The van der Waals surface area contributed by atoms with Crippen molar-refractivity contribution in [3.05, 3.63) is 195 Å². The fourth-order valence-corrected chi connectivity index (χ4v) is 8.39. The van der Waals surface area contributed by atoms with Crippen LogP contribution in [0, 0.1) is 0 Å². The van der Waals surface area contributed by atoms with E-state index in [1.54, 1.807) is 0 Å². The minimum Gasteiger partial charge on any atom is -0.438 e. The van der Waals surface area contributed by atoms with Crippen molar-refractivity contribution in [3.8, 4) is 33.5 Å². The lowest BCUT2D eigenvalue weighted by atomic mass is 10.0. The standard InChI is InChI=1S/C53H32N6O/c1-2-8-48-45(7-1)46-25-26-47(58-53(46)60-48)35-17-23-44(24-18-35)59(42-19-13-33(14-20-42)40-29-38-11-9-36-5-3-27-54-49(36)51(38)56-31-40)43-21-15-34(16-22-43)41-30-39-12-10-37-6-4-28-55-50(37)52(39)57-32-41/h1-32H. The van der Waals surface area contributed by atoms with Crippen molar-refractivity contribution < 1.29 is 4.42 Å². The molecule has 6 heterocycles. The molecule has 6 aromatic carbocycles. The van der Waals surface area contributed by atoms with Crippen molar-refractivity contribution in [2.45, 2.75) is 0 Å². The van der Waals surface area contributed by atoms with Gasteiger partial charge in [-0.1, -0.05) is 91.0 Å². The van der Waals surface area contributed by atoms with Gasteiger partial charge in [-0.2, -0.15) is 0 Å². The van der Waals surface area contributed by atoms with Gasteiger partial charge in [0.15, 0.2) is 0 Å². The highest BCUT2D eigenvalue weighted by molar-refractivity contribution is 6.05. The van der Waals surface area contributed by atoms with Crippen molar-refractivity contribution in [1.82, 2.24) is 24.9 Å². The minimum atomic E-state index is 0.637. The van der Waals surface area contributed by atoms with Crippen LogP contribution >= 0.6 is 0 Å². The molecule has 12 aromatic rings. The molecule has 0 aliphatic heterocycles. The first-order chi connectivity index (χ1) is 29.7. The molecule has 0 fully saturated rings. The molecule has 12 rings (SSSR count). The predicted octanol–water partition coefficient (Wildman–Crippen LogP) is 13.6. The number of anilines is 3. The summed E-state index contributed by atoms with van der Waals surface area (Å²) in [4.78, 5) is 26.2. The molecule has 0 radical (unpaired) electrons. The molecule has 7 nitrogen and oxygen atoms in total. The lowest BCUT2D eigenvalue weighted by Crippen LogP contribution is -2.09. The van der Waals surface area contributed by atoms with Gasteiger partial charge < -0.3 is 9.32 Å². The number of benzene rings is 6. The molecular formula is C53H32N6O. The molecule has 280 valence electrons. The van der Waals surface area contributed by atoms with Crippen LogP contribution in [0.4, 0.5) is 17.1 Å². The molecule has 0 spiro atoms. The third-order valence-electron chi connectivity index (χ3n) is 11.4. The zero-order valence-corrected chi connectivity index (χ0v) is 32.1. The number of rotatable bonds is 6. The second kappa shape index (κ2) is 13.7. The number of furan rings is 1. The van der Waals surface area contributed by atoms with E-state index >= 15 is 0 Å². The van der Waals surface area contributed by atoms with Crippen molar-refractivity contribution in [2.24, 2.45) is 0 Å². The molecule has 7 heteroatoms. The van der Waals surface area contributed by atoms with Crippen LogP contribution in [0.25, 0.3) is 99.2 Å². The van der Waals surface area contributed by atoms with Crippen LogP contribution in [0.3, 0.4) is 0 Å². The smallest absolute Gasteiger partial charge is 0.227 e. The van der Waals surface area contributed by atoms with Crippen molar-refractivity contribution >= 4 is 82.7 Å². The summed E-state index contributed by atoms with van der Waals surface area (Å²) in [7, 11) is 0.